The first-order valence-electron chi connectivity index (χ1n) is 7.74. The Morgan fingerprint density at radius 1 is 1.20 bits per heavy atom. The van der Waals surface area contributed by atoms with Crippen LogP contribution in [0.1, 0.15) is 25.9 Å². The molecule has 0 aliphatic carbocycles. The number of aromatic nitrogens is 1. The number of carbonyl (C=O) groups excluding carboxylic acids is 1. The minimum absolute atomic E-state index is 0.158. The number of carbonyl (C=O) groups is 1. The highest BCUT2D eigenvalue weighted by atomic mass is 35.5. The molecule has 3 rings (SSSR count). The fraction of sp³-hybridized carbons (Fsp3) is 0.158. The highest BCUT2D eigenvalue weighted by Crippen LogP contribution is 2.24. The molecule has 0 aliphatic heterocycles. The molecule has 1 amide bonds. The highest BCUT2D eigenvalue weighted by molar-refractivity contribution is 7.13. The number of hydrogen-bond acceptors (Lipinski definition) is 4. The van der Waals surface area contributed by atoms with Crippen LogP contribution in [0.3, 0.4) is 0 Å². The molecule has 0 saturated heterocycles. The topological polar surface area (TPSA) is 51.2 Å². The highest BCUT2D eigenvalue weighted by Gasteiger charge is 2.16. The van der Waals surface area contributed by atoms with Gasteiger partial charge >= 0.3 is 0 Å². The van der Waals surface area contributed by atoms with Crippen molar-refractivity contribution < 1.29 is 9.53 Å². The fourth-order valence-corrected chi connectivity index (χ4v) is 3.28. The van der Waals surface area contributed by atoms with Gasteiger partial charge in [-0.2, -0.15) is 0 Å². The molecule has 0 unspecified atom stereocenters. The lowest BCUT2D eigenvalue weighted by Crippen LogP contribution is -2.11. The van der Waals surface area contributed by atoms with Gasteiger partial charge in [-0.25, -0.2) is 4.98 Å². The molecule has 6 heteroatoms. The van der Waals surface area contributed by atoms with Crippen LogP contribution in [-0.2, 0) is 6.61 Å². The number of rotatable bonds is 5. The van der Waals surface area contributed by atoms with Crippen molar-refractivity contribution in [3.63, 3.8) is 0 Å². The molecule has 1 N–H and O–H groups in total. The van der Waals surface area contributed by atoms with Crippen molar-refractivity contribution in [2.45, 2.75) is 20.5 Å². The number of nitrogens with zero attached hydrogens (tertiary/aromatic N) is 1. The predicted octanol–water partition coefficient (Wildman–Crippen LogP) is 5.24. The van der Waals surface area contributed by atoms with E-state index in [1.807, 2.05) is 56.3 Å². The van der Waals surface area contributed by atoms with Crippen LogP contribution in [-0.4, -0.2) is 10.9 Å². The van der Waals surface area contributed by atoms with Gasteiger partial charge in [0.25, 0.3) is 5.91 Å². The third-order valence-electron chi connectivity index (χ3n) is 3.57. The summed E-state index contributed by atoms with van der Waals surface area (Å²) >= 11 is 7.35. The van der Waals surface area contributed by atoms with E-state index < -0.39 is 0 Å². The van der Waals surface area contributed by atoms with Gasteiger partial charge < -0.3 is 10.1 Å². The summed E-state index contributed by atoms with van der Waals surface area (Å²) in [4.78, 5) is 17.4. The van der Waals surface area contributed by atoms with Gasteiger partial charge in [-0.15, -0.1) is 11.3 Å². The molecule has 2 aromatic carbocycles. The number of thiazole rings is 1. The van der Waals surface area contributed by atoms with Crippen LogP contribution < -0.4 is 10.1 Å². The van der Waals surface area contributed by atoms with Gasteiger partial charge in [0.05, 0.1) is 5.69 Å². The number of amides is 1. The van der Waals surface area contributed by atoms with E-state index in [4.69, 9.17) is 16.3 Å². The average Bonchev–Trinajstić information content (AvgIpc) is 2.98. The van der Waals surface area contributed by atoms with Crippen molar-refractivity contribution in [3.05, 3.63) is 74.7 Å². The number of benzene rings is 2. The Morgan fingerprint density at radius 3 is 2.68 bits per heavy atom. The van der Waals surface area contributed by atoms with Crippen LogP contribution >= 0.6 is 22.9 Å². The van der Waals surface area contributed by atoms with Gasteiger partial charge in [0, 0.05) is 10.7 Å². The van der Waals surface area contributed by atoms with E-state index in [2.05, 4.69) is 10.3 Å². The predicted molar refractivity (Wildman–Crippen MR) is 102 cm³/mol. The molecular formula is C19H17ClN2O2S. The summed E-state index contributed by atoms with van der Waals surface area (Å²) in [6.07, 6.45) is 0. The van der Waals surface area contributed by atoms with Crippen molar-refractivity contribution in [2.24, 2.45) is 0 Å². The van der Waals surface area contributed by atoms with Gasteiger partial charge in [0.15, 0.2) is 0 Å². The maximum Gasteiger partial charge on any atom is 0.267 e. The summed E-state index contributed by atoms with van der Waals surface area (Å²) < 4.78 is 5.75. The van der Waals surface area contributed by atoms with Crippen molar-refractivity contribution in [3.8, 4) is 5.75 Å². The van der Waals surface area contributed by atoms with Crippen molar-refractivity contribution in [1.82, 2.24) is 4.98 Å². The zero-order valence-corrected chi connectivity index (χ0v) is 15.4. The second-order valence-corrected chi connectivity index (χ2v) is 7.03. The van der Waals surface area contributed by atoms with Crippen LogP contribution in [0.25, 0.3) is 0 Å². The van der Waals surface area contributed by atoms with Crippen LogP contribution in [0.15, 0.2) is 48.5 Å². The number of aryl methyl sites for hydroxylation is 2. The Balaban J connectivity index is 1.67. The summed E-state index contributed by atoms with van der Waals surface area (Å²) in [7, 11) is 0. The van der Waals surface area contributed by atoms with E-state index in [0.717, 1.165) is 22.0 Å². The quantitative estimate of drug-likeness (QED) is 0.665. The van der Waals surface area contributed by atoms with E-state index in [1.54, 1.807) is 6.07 Å². The zero-order chi connectivity index (χ0) is 17.8. The normalized spacial score (nSPS) is 10.5. The summed E-state index contributed by atoms with van der Waals surface area (Å²) in [6, 6.07) is 14.9. The van der Waals surface area contributed by atoms with Crippen molar-refractivity contribution in [1.29, 1.82) is 0 Å². The Hall–Kier alpha value is -2.37. The molecule has 1 aromatic heterocycles. The molecular weight excluding hydrogens is 356 g/mol. The molecule has 0 radical (unpaired) electrons. The largest absolute Gasteiger partial charge is 0.486 e. The molecule has 128 valence electrons. The van der Waals surface area contributed by atoms with Crippen LogP contribution in [0.4, 0.5) is 5.69 Å². The first-order chi connectivity index (χ1) is 12.0. The minimum atomic E-state index is -0.158. The lowest BCUT2D eigenvalue weighted by atomic mass is 10.2. The molecule has 0 bridgehead atoms. The second-order valence-electron chi connectivity index (χ2n) is 5.54. The Bertz CT molecular complexity index is 894. The number of anilines is 1. The van der Waals surface area contributed by atoms with Gasteiger partial charge in [-0.1, -0.05) is 29.8 Å². The number of ether oxygens (including phenoxy) is 1. The zero-order valence-electron chi connectivity index (χ0n) is 13.9. The molecule has 3 aromatic rings. The Kier molecular flexibility index (Phi) is 5.36. The summed E-state index contributed by atoms with van der Waals surface area (Å²) in [5, 5.41) is 4.33. The summed E-state index contributed by atoms with van der Waals surface area (Å²) in [6.45, 7) is 4.06. The van der Waals surface area contributed by atoms with Crippen molar-refractivity contribution in [2.75, 3.05) is 5.32 Å². The van der Waals surface area contributed by atoms with E-state index in [0.29, 0.717) is 22.2 Å². The van der Waals surface area contributed by atoms with Crippen molar-refractivity contribution >= 4 is 34.5 Å². The monoisotopic (exact) mass is 372 g/mol. The number of hydrogen-bond donors (Lipinski definition) is 1. The fourth-order valence-electron chi connectivity index (χ4n) is 2.29. The third kappa shape index (κ3) is 4.38. The maximum absolute atomic E-state index is 12.4. The maximum atomic E-state index is 12.4. The SMILES string of the molecule is Cc1cc(OCc2nc(C)c(C(=O)Nc3ccccc3)s2)ccc1Cl. The Labute approximate surface area is 155 Å². The summed E-state index contributed by atoms with van der Waals surface area (Å²) in [5.74, 6) is 0.569. The minimum Gasteiger partial charge on any atom is -0.486 e. The molecule has 0 aliphatic rings. The third-order valence-corrected chi connectivity index (χ3v) is 5.12. The average molecular weight is 373 g/mol. The van der Waals surface area contributed by atoms with E-state index in [1.165, 1.54) is 11.3 Å². The lowest BCUT2D eigenvalue weighted by Gasteiger charge is -2.05. The number of nitrogens with one attached hydrogen (secondary N) is 1. The lowest BCUT2D eigenvalue weighted by molar-refractivity contribution is 0.103. The first kappa shape index (κ1) is 17.5. The first-order valence-corrected chi connectivity index (χ1v) is 8.94. The number of halogens is 1. The molecule has 0 saturated carbocycles. The van der Waals surface area contributed by atoms with Crippen LogP contribution in [0.2, 0.25) is 5.02 Å². The van der Waals surface area contributed by atoms with Gasteiger partial charge in [-0.3, -0.25) is 4.79 Å². The van der Waals surface area contributed by atoms with E-state index >= 15 is 0 Å². The van der Waals surface area contributed by atoms with Gasteiger partial charge in [0.2, 0.25) is 0 Å². The van der Waals surface area contributed by atoms with E-state index in [-0.39, 0.29) is 5.91 Å². The molecule has 4 nitrogen and oxygen atoms in total. The molecule has 0 fully saturated rings. The summed E-state index contributed by atoms with van der Waals surface area (Å²) in [5.41, 5.74) is 2.41. The molecule has 25 heavy (non-hydrogen) atoms. The molecule has 0 spiro atoms. The van der Waals surface area contributed by atoms with Crippen LogP contribution in [0.5, 0.6) is 5.75 Å². The second kappa shape index (κ2) is 7.68. The van der Waals surface area contributed by atoms with Gasteiger partial charge in [0.1, 0.15) is 22.2 Å². The van der Waals surface area contributed by atoms with Gasteiger partial charge in [-0.05, 0) is 49.7 Å². The van der Waals surface area contributed by atoms with Crippen LogP contribution in [0, 0.1) is 13.8 Å². The standard InChI is InChI=1S/C19H17ClN2O2S/c1-12-10-15(8-9-16(12)20)24-11-17-21-13(2)18(25-17)19(23)22-14-6-4-3-5-7-14/h3-10H,11H2,1-2H3,(H,22,23). The van der Waals surface area contributed by atoms with E-state index in [9.17, 15) is 4.79 Å². The molecule has 0 atom stereocenters. The molecule has 1 heterocycles. The number of para-hydroxylation sites is 1. The smallest absolute Gasteiger partial charge is 0.267 e. The Morgan fingerprint density at radius 2 is 1.96 bits per heavy atom.